The van der Waals surface area contributed by atoms with E-state index in [4.69, 9.17) is 19.9 Å². The average molecular weight is 376 g/mol. The zero-order valence-corrected chi connectivity index (χ0v) is 15.9. The van der Waals surface area contributed by atoms with Crippen LogP contribution in [0.1, 0.15) is 34.6 Å². The Labute approximate surface area is 162 Å². The number of nitrogen functional groups attached to an aromatic ring is 1. The van der Waals surface area contributed by atoms with Crippen molar-refractivity contribution in [1.82, 2.24) is 4.98 Å². The minimum absolute atomic E-state index is 0.171. The smallest absolute Gasteiger partial charge is 0.196 e. The van der Waals surface area contributed by atoms with Gasteiger partial charge in [-0.1, -0.05) is 18.2 Å². The van der Waals surface area contributed by atoms with Gasteiger partial charge in [0.15, 0.2) is 5.78 Å². The molecule has 4 rings (SSSR count). The van der Waals surface area contributed by atoms with Crippen LogP contribution in [-0.4, -0.2) is 25.0 Å². The third-order valence-corrected chi connectivity index (χ3v) is 4.89. The Kier molecular flexibility index (Phi) is 4.39. The van der Waals surface area contributed by atoms with Crippen LogP contribution < -0.4 is 19.9 Å². The third kappa shape index (κ3) is 2.65. The molecule has 0 fully saturated rings. The van der Waals surface area contributed by atoms with Gasteiger partial charge in [0.25, 0.3) is 0 Å². The maximum Gasteiger partial charge on any atom is 0.196 e. The number of carbonyl (C=O) groups is 1. The summed E-state index contributed by atoms with van der Waals surface area (Å²) in [5, 5.41) is 0. The highest BCUT2D eigenvalue weighted by Crippen LogP contribution is 2.52. The number of aromatic nitrogens is 1. The standard InChI is InChI=1S/C22H20N2O4/c1-12(14-8-4-5-10-24-14)28-15-9-6-7-13-18(15)19-16(26-2)11-17(27-3)21(23)20(19)22(13)25/h4-12H,23H2,1-3H3. The minimum atomic E-state index is -0.298. The summed E-state index contributed by atoms with van der Waals surface area (Å²) >= 11 is 0. The molecule has 1 aromatic heterocycles. The normalized spacial score (nSPS) is 12.9. The maximum absolute atomic E-state index is 13.1. The Morgan fingerprint density at radius 1 is 0.929 bits per heavy atom. The number of pyridine rings is 1. The molecule has 0 spiro atoms. The number of rotatable bonds is 5. The summed E-state index contributed by atoms with van der Waals surface area (Å²) in [7, 11) is 3.06. The second kappa shape index (κ2) is 6.88. The number of methoxy groups -OCH3 is 2. The molecule has 3 aromatic rings. The monoisotopic (exact) mass is 376 g/mol. The van der Waals surface area contributed by atoms with Crippen LogP contribution in [0.4, 0.5) is 5.69 Å². The van der Waals surface area contributed by atoms with Gasteiger partial charge in [-0.25, -0.2) is 0 Å². The molecule has 0 saturated carbocycles. The van der Waals surface area contributed by atoms with Crippen molar-refractivity contribution in [3.63, 3.8) is 0 Å². The first-order chi connectivity index (χ1) is 13.6. The summed E-state index contributed by atoms with van der Waals surface area (Å²) in [6, 6.07) is 12.7. The van der Waals surface area contributed by atoms with Crippen LogP contribution in [0.15, 0.2) is 48.7 Å². The molecule has 0 amide bonds. The van der Waals surface area contributed by atoms with Crippen LogP contribution >= 0.6 is 0 Å². The summed E-state index contributed by atoms with van der Waals surface area (Å²) in [6.07, 6.45) is 1.42. The van der Waals surface area contributed by atoms with Crippen LogP contribution in [0.3, 0.4) is 0 Å². The molecule has 0 radical (unpaired) electrons. The van der Waals surface area contributed by atoms with Gasteiger partial charge < -0.3 is 19.9 Å². The first-order valence-electron chi connectivity index (χ1n) is 8.87. The van der Waals surface area contributed by atoms with Crippen molar-refractivity contribution < 1.29 is 19.0 Å². The van der Waals surface area contributed by atoms with Crippen LogP contribution in [0.5, 0.6) is 17.2 Å². The molecule has 6 nitrogen and oxygen atoms in total. The van der Waals surface area contributed by atoms with Crippen LogP contribution in [0, 0.1) is 0 Å². The highest BCUT2D eigenvalue weighted by atomic mass is 16.5. The van der Waals surface area contributed by atoms with E-state index in [0.29, 0.717) is 45.2 Å². The lowest BCUT2D eigenvalue weighted by atomic mass is 10.0. The largest absolute Gasteiger partial charge is 0.496 e. The number of benzene rings is 2. The van der Waals surface area contributed by atoms with E-state index in [1.54, 1.807) is 31.5 Å². The molecule has 1 aliphatic carbocycles. The van der Waals surface area contributed by atoms with Gasteiger partial charge in [-0.05, 0) is 25.1 Å². The minimum Gasteiger partial charge on any atom is -0.496 e. The fourth-order valence-corrected chi connectivity index (χ4v) is 3.54. The Bertz CT molecular complexity index is 1060. The number of anilines is 1. The van der Waals surface area contributed by atoms with Crippen LogP contribution in [0.2, 0.25) is 0 Å². The predicted molar refractivity (Wildman–Crippen MR) is 106 cm³/mol. The number of ketones is 1. The van der Waals surface area contributed by atoms with Gasteiger partial charge in [0.1, 0.15) is 23.4 Å². The summed E-state index contributed by atoms with van der Waals surface area (Å²) in [5.41, 5.74) is 9.54. The lowest BCUT2D eigenvalue weighted by Crippen LogP contribution is -2.06. The van der Waals surface area contributed by atoms with E-state index in [9.17, 15) is 4.79 Å². The van der Waals surface area contributed by atoms with Crippen molar-refractivity contribution in [1.29, 1.82) is 0 Å². The van der Waals surface area contributed by atoms with Crippen LogP contribution in [0.25, 0.3) is 11.1 Å². The van der Waals surface area contributed by atoms with Crippen molar-refractivity contribution >= 4 is 11.5 Å². The first-order valence-corrected chi connectivity index (χ1v) is 8.87. The molecule has 2 N–H and O–H groups in total. The molecule has 0 bridgehead atoms. The van der Waals surface area contributed by atoms with E-state index < -0.39 is 0 Å². The number of hydrogen-bond acceptors (Lipinski definition) is 6. The van der Waals surface area contributed by atoms with E-state index in [1.807, 2.05) is 31.2 Å². The van der Waals surface area contributed by atoms with Gasteiger partial charge >= 0.3 is 0 Å². The molecule has 28 heavy (non-hydrogen) atoms. The number of nitrogens with zero attached hydrogens (tertiary/aromatic N) is 1. The fourth-order valence-electron chi connectivity index (χ4n) is 3.54. The SMILES string of the molecule is COc1cc(OC)c2c(c1N)C(=O)c1cccc(OC(C)c3ccccn3)c1-2. The van der Waals surface area contributed by atoms with Gasteiger partial charge in [-0.15, -0.1) is 0 Å². The summed E-state index contributed by atoms with van der Waals surface area (Å²) in [6.45, 7) is 1.92. The molecule has 1 atom stereocenters. The molecule has 1 aliphatic rings. The fraction of sp³-hybridized carbons (Fsp3) is 0.182. The molecule has 0 aliphatic heterocycles. The quantitative estimate of drug-likeness (QED) is 0.530. The highest BCUT2D eigenvalue weighted by molar-refractivity contribution is 6.26. The van der Waals surface area contributed by atoms with Crippen molar-refractivity contribution in [2.45, 2.75) is 13.0 Å². The molecule has 1 heterocycles. The van der Waals surface area contributed by atoms with Crippen molar-refractivity contribution in [3.05, 3.63) is 65.5 Å². The van der Waals surface area contributed by atoms with Crippen molar-refractivity contribution in [3.8, 4) is 28.4 Å². The predicted octanol–water partition coefficient (Wildman–Crippen LogP) is 4.03. The van der Waals surface area contributed by atoms with Gasteiger partial charge in [-0.2, -0.15) is 0 Å². The molecule has 0 saturated heterocycles. The second-order valence-corrected chi connectivity index (χ2v) is 6.47. The maximum atomic E-state index is 13.1. The van der Waals surface area contributed by atoms with Crippen molar-refractivity contribution in [2.75, 3.05) is 20.0 Å². The van der Waals surface area contributed by atoms with E-state index in [-0.39, 0.29) is 11.9 Å². The number of nitrogens with two attached hydrogens (primary N) is 1. The summed E-state index contributed by atoms with van der Waals surface area (Å²) < 4.78 is 17.1. The Balaban J connectivity index is 1.88. The molecule has 6 heteroatoms. The third-order valence-electron chi connectivity index (χ3n) is 4.89. The highest BCUT2D eigenvalue weighted by Gasteiger charge is 2.36. The Morgan fingerprint density at radius 2 is 1.71 bits per heavy atom. The molecular weight excluding hydrogens is 356 g/mol. The Hall–Kier alpha value is -3.54. The molecule has 142 valence electrons. The lowest BCUT2D eigenvalue weighted by molar-refractivity contribution is 0.104. The van der Waals surface area contributed by atoms with Gasteiger partial charge in [0.2, 0.25) is 0 Å². The topological polar surface area (TPSA) is 83.7 Å². The number of hydrogen-bond donors (Lipinski definition) is 1. The Morgan fingerprint density at radius 3 is 2.39 bits per heavy atom. The second-order valence-electron chi connectivity index (χ2n) is 6.47. The number of carbonyl (C=O) groups excluding carboxylic acids is 1. The van der Waals surface area contributed by atoms with Crippen molar-refractivity contribution in [2.24, 2.45) is 0 Å². The zero-order valence-electron chi connectivity index (χ0n) is 15.9. The van der Waals surface area contributed by atoms with E-state index in [2.05, 4.69) is 4.98 Å². The molecule has 2 aromatic carbocycles. The number of ether oxygens (including phenoxy) is 3. The van der Waals surface area contributed by atoms with Gasteiger partial charge in [0, 0.05) is 29.0 Å². The number of fused-ring (bicyclic) bond motifs is 3. The zero-order chi connectivity index (χ0) is 19.8. The van der Waals surface area contributed by atoms with E-state index in [0.717, 1.165) is 5.69 Å². The molecular formula is C22H20N2O4. The van der Waals surface area contributed by atoms with Gasteiger partial charge in [0.05, 0.1) is 31.2 Å². The van der Waals surface area contributed by atoms with E-state index in [1.165, 1.54) is 7.11 Å². The summed E-state index contributed by atoms with van der Waals surface area (Å²) in [5.74, 6) is 1.32. The molecule has 1 unspecified atom stereocenters. The average Bonchev–Trinajstić information content (AvgIpc) is 3.03. The van der Waals surface area contributed by atoms with Crippen LogP contribution in [-0.2, 0) is 0 Å². The van der Waals surface area contributed by atoms with Gasteiger partial charge in [-0.3, -0.25) is 9.78 Å². The van der Waals surface area contributed by atoms with E-state index >= 15 is 0 Å². The summed E-state index contributed by atoms with van der Waals surface area (Å²) in [4.78, 5) is 17.4. The first kappa shape index (κ1) is 17.9. The lowest BCUT2D eigenvalue weighted by Gasteiger charge is -2.18.